The molecule has 1 fully saturated rings. The number of carbonyl (C=O) groups excluding carboxylic acids is 1. The molecule has 2 unspecified atom stereocenters. The Labute approximate surface area is 187 Å². The first kappa shape index (κ1) is 21.9. The Bertz CT molecular complexity index is 1030. The Kier molecular flexibility index (Phi) is 6.44. The minimum atomic E-state index is -0.896. The third-order valence-corrected chi connectivity index (χ3v) is 6.37. The van der Waals surface area contributed by atoms with Crippen LogP contribution in [0, 0.1) is 11.8 Å². The van der Waals surface area contributed by atoms with Crippen molar-refractivity contribution < 1.29 is 24.2 Å². The van der Waals surface area contributed by atoms with E-state index in [1.165, 1.54) is 0 Å². The van der Waals surface area contributed by atoms with Gasteiger partial charge >= 0.3 is 5.97 Å². The van der Waals surface area contributed by atoms with Crippen LogP contribution in [-0.4, -0.2) is 48.5 Å². The largest absolute Gasteiger partial charge is 0.493 e. The van der Waals surface area contributed by atoms with E-state index in [-0.39, 0.29) is 12.3 Å². The van der Waals surface area contributed by atoms with Gasteiger partial charge in [-0.25, -0.2) is 5.01 Å². The number of carboxylic acid groups (broad SMARTS) is 1. The van der Waals surface area contributed by atoms with Crippen LogP contribution in [0.4, 0.5) is 0 Å². The molecule has 0 saturated heterocycles. The van der Waals surface area contributed by atoms with Crippen LogP contribution in [0.2, 0.25) is 0 Å². The molecule has 1 N–H and O–H groups in total. The Balaban J connectivity index is 1.66. The third kappa shape index (κ3) is 4.47. The van der Waals surface area contributed by atoms with Gasteiger partial charge in [-0.05, 0) is 54.7 Å². The third-order valence-electron chi connectivity index (χ3n) is 6.37. The van der Waals surface area contributed by atoms with E-state index in [1.807, 2.05) is 18.2 Å². The molecule has 2 aromatic rings. The number of carbonyl (C=O) groups is 2. The molecule has 1 aliphatic carbocycles. The number of hydrazone groups is 1. The van der Waals surface area contributed by atoms with E-state index < -0.39 is 5.97 Å². The van der Waals surface area contributed by atoms with Crippen molar-refractivity contribution in [1.82, 2.24) is 5.01 Å². The van der Waals surface area contributed by atoms with E-state index >= 15 is 0 Å². The summed E-state index contributed by atoms with van der Waals surface area (Å²) >= 11 is 0. The van der Waals surface area contributed by atoms with Crippen molar-refractivity contribution in [3.8, 4) is 11.5 Å². The predicted octanol–water partition coefficient (Wildman–Crippen LogP) is 4.00. The standard InChI is InChI=1S/C25H28N2O5/c1-31-21-12-11-18(14-22(21)32-2)24-20-6-4-3-5-19(20)15-27(26-24)25(30)17-9-7-16(8-10-17)13-23(28)29/h7-12,14,19-20H,3-6,13,15H2,1-2H3,(H,28,29). The van der Waals surface area contributed by atoms with E-state index in [9.17, 15) is 9.59 Å². The van der Waals surface area contributed by atoms with Crippen LogP contribution in [0.5, 0.6) is 11.5 Å². The van der Waals surface area contributed by atoms with Gasteiger partial charge in [0.25, 0.3) is 5.91 Å². The molecular weight excluding hydrogens is 408 g/mol. The maximum absolute atomic E-state index is 13.3. The van der Waals surface area contributed by atoms with Gasteiger partial charge in [0, 0.05) is 23.6 Å². The molecule has 7 nitrogen and oxygen atoms in total. The number of hydrogen-bond acceptors (Lipinski definition) is 5. The van der Waals surface area contributed by atoms with Crippen LogP contribution in [-0.2, 0) is 11.2 Å². The minimum Gasteiger partial charge on any atom is -0.493 e. The summed E-state index contributed by atoms with van der Waals surface area (Å²) in [5.74, 6) is 0.893. The molecule has 0 bridgehead atoms. The van der Waals surface area contributed by atoms with Crippen molar-refractivity contribution in [3.63, 3.8) is 0 Å². The summed E-state index contributed by atoms with van der Waals surface area (Å²) in [4.78, 5) is 24.2. The molecule has 7 heteroatoms. The molecule has 0 spiro atoms. The van der Waals surface area contributed by atoms with E-state index in [1.54, 1.807) is 43.5 Å². The number of hydrogen-bond donors (Lipinski definition) is 1. The summed E-state index contributed by atoms with van der Waals surface area (Å²) in [6.07, 6.45) is 4.38. The number of rotatable bonds is 6. The Hall–Kier alpha value is -3.35. The smallest absolute Gasteiger partial charge is 0.307 e. The lowest BCUT2D eigenvalue weighted by Gasteiger charge is -2.39. The summed E-state index contributed by atoms with van der Waals surface area (Å²) in [6, 6.07) is 12.5. The SMILES string of the molecule is COc1ccc(C2=NN(C(=O)c3ccc(CC(=O)O)cc3)CC3CCCCC23)cc1OC. The molecule has 4 rings (SSSR count). The number of carboxylic acids is 1. The van der Waals surface area contributed by atoms with Crippen molar-refractivity contribution in [2.45, 2.75) is 32.1 Å². The lowest BCUT2D eigenvalue weighted by Crippen LogP contribution is -2.44. The molecule has 0 aromatic heterocycles. The highest BCUT2D eigenvalue weighted by atomic mass is 16.5. The Morgan fingerprint density at radius 2 is 1.75 bits per heavy atom. The molecule has 168 valence electrons. The van der Waals surface area contributed by atoms with Crippen LogP contribution >= 0.6 is 0 Å². The second-order valence-electron chi connectivity index (χ2n) is 8.36. The highest BCUT2D eigenvalue weighted by Gasteiger charge is 2.37. The molecule has 2 aromatic carbocycles. The summed E-state index contributed by atoms with van der Waals surface area (Å²) < 4.78 is 10.9. The fourth-order valence-electron chi connectivity index (χ4n) is 4.74. The fraction of sp³-hybridized carbons (Fsp3) is 0.400. The number of ether oxygens (including phenoxy) is 2. The van der Waals surface area contributed by atoms with Crippen molar-refractivity contribution in [3.05, 3.63) is 59.2 Å². The zero-order valence-electron chi connectivity index (χ0n) is 18.4. The lowest BCUT2D eigenvalue weighted by molar-refractivity contribution is -0.136. The van der Waals surface area contributed by atoms with Crippen LogP contribution in [0.3, 0.4) is 0 Å². The number of nitrogens with zero attached hydrogens (tertiary/aromatic N) is 2. The molecule has 1 heterocycles. The summed E-state index contributed by atoms with van der Waals surface area (Å²) in [7, 11) is 3.21. The van der Waals surface area contributed by atoms with Crippen LogP contribution < -0.4 is 9.47 Å². The molecule has 1 amide bonds. The van der Waals surface area contributed by atoms with Gasteiger partial charge in [0.1, 0.15) is 0 Å². The van der Waals surface area contributed by atoms with Gasteiger partial charge in [0.2, 0.25) is 0 Å². The first-order valence-electron chi connectivity index (χ1n) is 10.9. The van der Waals surface area contributed by atoms with Crippen molar-refractivity contribution in [2.75, 3.05) is 20.8 Å². The summed E-state index contributed by atoms with van der Waals surface area (Å²) in [6.45, 7) is 0.594. The van der Waals surface area contributed by atoms with Gasteiger partial charge in [-0.1, -0.05) is 25.0 Å². The highest BCUT2D eigenvalue weighted by molar-refractivity contribution is 6.05. The maximum Gasteiger partial charge on any atom is 0.307 e. The number of fused-ring (bicyclic) bond motifs is 1. The molecule has 0 radical (unpaired) electrons. The number of benzene rings is 2. The predicted molar refractivity (Wildman–Crippen MR) is 120 cm³/mol. The van der Waals surface area contributed by atoms with Crippen molar-refractivity contribution in [2.24, 2.45) is 16.9 Å². The normalized spacial score (nSPS) is 20.2. The van der Waals surface area contributed by atoms with Crippen molar-refractivity contribution >= 4 is 17.6 Å². The molecular formula is C25H28N2O5. The Morgan fingerprint density at radius 1 is 1.03 bits per heavy atom. The number of aliphatic carboxylic acids is 1. The fourth-order valence-corrected chi connectivity index (χ4v) is 4.74. The minimum absolute atomic E-state index is 0.0659. The van der Waals surface area contributed by atoms with E-state index in [0.29, 0.717) is 41.0 Å². The van der Waals surface area contributed by atoms with Crippen LogP contribution in [0.25, 0.3) is 0 Å². The van der Waals surface area contributed by atoms with E-state index in [0.717, 1.165) is 37.0 Å². The number of amides is 1. The van der Waals surface area contributed by atoms with Gasteiger partial charge in [-0.3, -0.25) is 9.59 Å². The first-order valence-corrected chi connectivity index (χ1v) is 10.9. The summed E-state index contributed by atoms with van der Waals surface area (Å²) in [5.41, 5.74) is 3.02. The quantitative estimate of drug-likeness (QED) is 0.740. The van der Waals surface area contributed by atoms with Crippen LogP contribution in [0.1, 0.15) is 47.2 Å². The second kappa shape index (κ2) is 9.42. The highest BCUT2D eigenvalue weighted by Crippen LogP contribution is 2.38. The Morgan fingerprint density at radius 3 is 2.44 bits per heavy atom. The van der Waals surface area contributed by atoms with Gasteiger partial charge < -0.3 is 14.6 Å². The molecule has 2 atom stereocenters. The zero-order valence-corrected chi connectivity index (χ0v) is 18.4. The second-order valence-corrected chi connectivity index (χ2v) is 8.36. The zero-order chi connectivity index (χ0) is 22.7. The van der Waals surface area contributed by atoms with E-state index in [2.05, 4.69) is 0 Å². The number of methoxy groups -OCH3 is 2. The summed E-state index contributed by atoms with van der Waals surface area (Å²) in [5, 5.41) is 15.4. The first-order chi connectivity index (χ1) is 15.5. The monoisotopic (exact) mass is 436 g/mol. The van der Waals surface area contributed by atoms with Gasteiger partial charge in [0.05, 0.1) is 26.4 Å². The molecule has 2 aliphatic rings. The van der Waals surface area contributed by atoms with Gasteiger partial charge in [-0.15, -0.1) is 0 Å². The van der Waals surface area contributed by atoms with Gasteiger partial charge in [-0.2, -0.15) is 5.10 Å². The lowest BCUT2D eigenvalue weighted by atomic mass is 9.74. The topological polar surface area (TPSA) is 88.4 Å². The van der Waals surface area contributed by atoms with E-state index in [4.69, 9.17) is 19.7 Å². The maximum atomic E-state index is 13.3. The molecule has 32 heavy (non-hydrogen) atoms. The van der Waals surface area contributed by atoms with Crippen molar-refractivity contribution in [1.29, 1.82) is 0 Å². The van der Waals surface area contributed by atoms with Crippen LogP contribution in [0.15, 0.2) is 47.6 Å². The van der Waals surface area contributed by atoms with Gasteiger partial charge in [0.15, 0.2) is 11.5 Å². The molecule has 1 saturated carbocycles. The average molecular weight is 437 g/mol. The average Bonchev–Trinajstić information content (AvgIpc) is 2.82. The molecule has 1 aliphatic heterocycles.